The summed E-state index contributed by atoms with van der Waals surface area (Å²) < 4.78 is 2.37. The number of hydrogen-bond acceptors (Lipinski definition) is 3. The maximum atomic E-state index is 10.5. The van der Waals surface area contributed by atoms with Crippen LogP contribution in [-0.4, -0.2) is 20.8 Å². The summed E-state index contributed by atoms with van der Waals surface area (Å²) in [4.78, 5) is 18.4. The van der Waals surface area contributed by atoms with Gasteiger partial charge >= 0.3 is 6.09 Å². The smallest absolute Gasteiger partial charge is 0.433 e. The number of aromatic nitrogens is 2. The number of thiazole rings is 1. The van der Waals surface area contributed by atoms with Crippen molar-refractivity contribution in [2.75, 3.05) is 0 Å². The van der Waals surface area contributed by atoms with Crippen LogP contribution in [0, 0.1) is 0 Å². The lowest BCUT2D eigenvalue weighted by Gasteiger charge is -2.01. The third-order valence-electron chi connectivity index (χ3n) is 1.77. The van der Waals surface area contributed by atoms with Crippen LogP contribution >= 0.6 is 27.3 Å². The SMILES string of the molecule is O=C(O)N=c1sccn1-c1ccnc(Br)c1. The molecule has 0 aliphatic carbocycles. The Morgan fingerprint density at radius 1 is 1.62 bits per heavy atom. The predicted octanol–water partition coefficient (Wildman–Crippen LogP) is 2.28. The lowest BCUT2D eigenvalue weighted by Crippen LogP contribution is -2.13. The molecule has 0 saturated carbocycles. The van der Waals surface area contributed by atoms with Gasteiger partial charge in [-0.05, 0) is 28.1 Å². The van der Waals surface area contributed by atoms with Crippen molar-refractivity contribution in [1.29, 1.82) is 0 Å². The molecule has 0 bridgehead atoms. The summed E-state index contributed by atoms with van der Waals surface area (Å²) in [5.41, 5.74) is 0.808. The molecule has 0 radical (unpaired) electrons. The number of nitrogens with zero attached hydrogens (tertiary/aromatic N) is 3. The van der Waals surface area contributed by atoms with Crippen LogP contribution in [-0.2, 0) is 0 Å². The first-order chi connectivity index (χ1) is 7.66. The van der Waals surface area contributed by atoms with Crippen molar-refractivity contribution in [2.24, 2.45) is 4.99 Å². The van der Waals surface area contributed by atoms with Crippen molar-refractivity contribution < 1.29 is 9.90 Å². The summed E-state index contributed by atoms with van der Waals surface area (Å²) in [5.74, 6) is 0. The average molecular weight is 300 g/mol. The van der Waals surface area contributed by atoms with Gasteiger partial charge in [0.2, 0.25) is 4.80 Å². The fourth-order valence-electron chi connectivity index (χ4n) is 1.17. The fraction of sp³-hybridized carbons (Fsp3) is 0. The van der Waals surface area contributed by atoms with Crippen LogP contribution in [0.4, 0.5) is 4.79 Å². The number of amides is 1. The summed E-state index contributed by atoms with van der Waals surface area (Å²) in [5, 5.41) is 10.4. The van der Waals surface area contributed by atoms with Crippen LogP contribution in [0.25, 0.3) is 5.69 Å². The molecule has 16 heavy (non-hydrogen) atoms. The van der Waals surface area contributed by atoms with E-state index in [4.69, 9.17) is 5.11 Å². The zero-order chi connectivity index (χ0) is 11.5. The molecule has 2 aromatic rings. The highest BCUT2D eigenvalue weighted by Crippen LogP contribution is 2.11. The van der Waals surface area contributed by atoms with Gasteiger partial charge in [-0.2, -0.15) is 0 Å². The van der Waals surface area contributed by atoms with Crippen LogP contribution in [0.15, 0.2) is 39.5 Å². The first-order valence-electron chi connectivity index (χ1n) is 4.22. The molecule has 1 N–H and O–H groups in total. The first kappa shape index (κ1) is 11.0. The highest BCUT2D eigenvalue weighted by atomic mass is 79.9. The molecule has 0 atom stereocenters. The van der Waals surface area contributed by atoms with E-state index in [0.717, 1.165) is 5.69 Å². The topological polar surface area (TPSA) is 67.5 Å². The zero-order valence-corrected chi connectivity index (χ0v) is 10.3. The largest absolute Gasteiger partial charge is 0.463 e. The van der Waals surface area contributed by atoms with Crippen LogP contribution in [0.2, 0.25) is 0 Å². The maximum absolute atomic E-state index is 10.5. The molecule has 0 aliphatic heterocycles. The molecular weight excluding hydrogens is 294 g/mol. The van der Waals surface area contributed by atoms with Crippen molar-refractivity contribution in [2.45, 2.75) is 0 Å². The summed E-state index contributed by atoms with van der Waals surface area (Å²) in [6.45, 7) is 0. The molecule has 0 unspecified atom stereocenters. The lowest BCUT2D eigenvalue weighted by atomic mass is 10.4. The van der Waals surface area contributed by atoms with Crippen LogP contribution in [0.1, 0.15) is 0 Å². The number of carboxylic acid groups (broad SMARTS) is 1. The molecule has 2 rings (SSSR count). The second kappa shape index (κ2) is 4.58. The van der Waals surface area contributed by atoms with E-state index in [-0.39, 0.29) is 0 Å². The second-order valence-electron chi connectivity index (χ2n) is 2.79. The molecule has 0 spiro atoms. The predicted molar refractivity (Wildman–Crippen MR) is 62.7 cm³/mol. The third-order valence-corrected chi connectivity index (χ3v) is 2.96. The Morgan fingerprint density at radius 2 is 2.44 bits per heavy atom. The van der Waals surface area contributed by atoms with Gasteiger partial charge in [0.1, 0.15) is 4.60 Å². The lowest BCUT2D eigenvalue weighted by molar-refractivity contribution is 0.204. The molecule has 0 aliphatic rings. The Balaban J connectivity index is 2.57. The molecule has 0 aromatic carbocycles. The van der Waals surface area contributed by atoms with Gasteiger partial charge in [-0.15, -0.1) is 16.3 Å². The van der Waals surface area contributed by atoms with Gasteiger partial charge in [-0.1, -0.05) is 0 Å². The monoisotopic (exact) mass is 299 g/mol. The number of carbonyl (C=O) groups is 1. The van der Waals surface area contributed by atoms with Gasteiger partial charge < -0.3 is 5.11 Å². The van der Waals surface area contributed by atoms with E-state index in [1.54, 1.807) is 34.5 Å². The summed E-state index contributed by atoms with van der Waals surface area (Å²) in [7, 11) is 0. The average Bonchev–Trinajstić information content (AvgIpc) is 2.65. The van der Waals surface area contributed by atoms with Gasteiger partial charge in [0.05, 0.1) is 5.69 Å². The van der Waals surface area contributed by atoms with Gasteiger partial charge in [0, 0.05) is 17.8 Å². The number of rotatable bonds is 1. The van der Waals surface area contributed by atoms with Gasteiger partial charge in [0.25, 0.3) is 0 Å². The molecular formula is C9H6BrN3O2S. The van der Waals surface area contributed by atoms with Crippen molar-refractivity contribution in [1.82, 2.24) is 9.55 Å². The highest BCUT2D eigenvalue weighted by molar-refractivity contribution is 9.10. The minimum absolute atomic E-state index is 0.408. The second-order valence-corrected chi connectivity index (χ2v) is 4.47. The Labute approximate surface area is 103 Å². The van der Waals surface area contributed by atoms with Gasteiger partial charge in [0.15, 0.2) is 0 Å². The third kappa shape index (κ3) is 2.37. The molecule has 2 heterocycles. The van der Waals surface area contributed by atoms with Crippen molar-refractivity contribution in [3.05, 3.63) is 39.3 Å². The van der Waals surface area contributed by atoms with Crippen molar-refractivity contribution in [3.63, 3.8) is 0 Å². The molecule has 0 fully saturated rings. The van der Waals surface area contributed by atoms with Crippen molar-refractivity contribution >= 4 is 33.4 Å². The van der Waals surface area contributed by atoms with E-state index in [1.807, 2.05) is 0 Å². The highest BCUT2D eigenvalue weighted by Gasteiger charge is 2.01. The van der Waals surface area contributed by atoms with Crippen LogP contribution < -0.4 is 4.80 Å². The Kier molecular flexibility index (Phi) is 3.16. The fourth-order valence-corrected chi connectivity index (χ4v) is 2.24. The molecule has 5 nitrogen and oxygen atoms in total. The standard InChI is InChI=1S/C9H6BrN3O2S/c10-7-5-6(1-2-11-7)13-3-4-16-8(13)12-9(14)15/h1-5H,(H,14,15). The molecule has 2 aromatic heterocycles. The normalized spacial score (nSPS) is 11.7. The maximum Gasteiger partial charge on any atom is 0.433 e. The Hall–Kier alpha value is -1.47. The zero-order valence-electron chi connectivity index (χ0n) is 7.87. The minimum Gasteiger partial charge on any atom is -0.463 e. The quantitative estimate of drug-likeness (QED) is 0.822. The van der Waals surface area contributed by atoms with E-state index in [1.165, 1.54) is 11.3 Å². The van der Waals surface area contributed by atoms with Crippen LogP contribution in [0.5, 0.6) is 0 Å². The molecule has 0 saturated heterocycles. The Morgan fingerprint density at radius 3 is 3.12 bits per heavy atom. The number of pyridine rings is 1. The first-order valence-corrected chi connectivity index (χ1v) is 5.90. The van der Waals surface area contributed by atoms with E-state index >= 15 is 0 Å². The van der Waals surface area contributed by atoms with E-state index in [2.05, 4.69) is 25.9 Å². The molecule has 1 amide bonds. The van der Waals surface area contributed by atoms with Gasteiger partial charge in [-0.3, -0.25) is 4.57 Å². The molecule has 7 heteroatoms. The minimum atomic E-state index is -1.20. The van der Waals surface area contributed by atoms with E-state index < -0.39 is 6.09 Å². The van der Waals surface area contributed by atoms with Crippen molar-refractivity contribution in [3.8, 4) is 5.69 Å². The Bertz CT molecular complexity index is 590. The summed E-state index contributed by atoms with van der Waals surface area (Å²) in [6.07, 6.45) is 2.19. The van der Waals surface area contributed by atoms with Crippen LogP contribution in [0.3, 0.4) is 0 Å². The summed E-state index contributed by atoms with van der Waals surface area (Å²) >= 11 is 4.51. The van der Waals surface area contributed by atoms with E-state index in [0.29, 0.717) is 9.40 Å². The van der Waals surface area contributed by atoms with Gasteiger partial charge in [-0.25, -0.2) is 9.78 Å². The number of hydrogen-bond donors (Lipinski definition) is 1. The summed E-state index contributed by atoms with van der Waals surface area (Å²) in [6, 6.07) is 3.56. The van der Waals surface area contributed by atoms with E-state index in [9.17, 15) is 4.79 Å². The number of halogens is 1. The molecule has 82 valence electrons.